The number of aryl methyl sites for hydroxylation is 1. The molecule has 1 aromatic carbocycles. The molecule has 6 nitrogen and oxygen atoms in total. The van der Waals surface area contributed by atoms with E-state index in [0.717, 1.165) is 5.56 Å². The summed E-state index contributed by atoms with van der Waals surface area (Å²) in [5.74, 6) is 0.875. The smallest absolute Gasteiger partial charge is 0.223 e. The Morgan fingerprint density at radius 3 is 2.67 bits per heavy atom. The molecule has 112 valence electrons. The summed E-state index contributed by atoms with van der Waals surface area (Å²) in [7, 11) is 0. The van der Waals surface area contributed by atoms with Gasteiger partial charge < -0.3 is 20.1 Å². The minimum atomic E-state index is -0.0777. The fourth-order valence-electron chi connectivity index (χ4n) is 2.05. The number of aliphatic hydroxyl groups is 1. The van der Waals surface area contributed by atoms with Gasteiger partial charge in [0.15, 0.2) is 0 Å². The predicted molar refractivity (Wildman–Crippen MR) is 77.5 cm³/mol. The molecule has 0 bridgehead atoms. The molecule has 2 aromatic rings. The largest absolute Gasteiger partial charge is 0.508 e. The van der Waals surface area contributed by atoms with Crippen molar-refractivity contribution in [3.63, 3.8) is 0 Å². The zero-order valence-corrected chi connectivity index (χ0v) is 11.7. The van der Waals surface area contributed by atoms with Gasteiger partial charge in [-0.2, -0.15) is 0 Å². The molecule has 0 spiro atoms. The first-order valence-corrected chi connectivity index (χ1v) is 6.84. The fourth-order valence-corrected chi connectivity index (χ4v) is 2.05. The third-order valence-electron chi connectivity index (χ3n) is 3.18. The van der Waals surface area contributed by atoms with Crippen molar-refractivity contribution in [2.75, 3.05) is 13.2 Å². The summed E-state index contributed by atoms with van der Waals surface area (Å²) in [6.07, 6.45) is 4.28. The van der Waals surface area contributed by atoms with Crippen molar-refractivity contribution in [1.82, 2.24) is 14.9 Å². The van der Waals surface area contributed by atoms with Crippen LogP contribution < -0.4 is 0 Å². The second-order valence-corrected chi connectivity index (χ2v) is 4.74. The van der Waals surface area contributed by atoms with Crippen LogP contribution in [-0.2, 0) is 17.8 Å². The molecule has 0 aliphatic heterocycles. The van der Waals surface area contributed by atoms with Crippen LogP contribution in [0.25, 0.3) is 0 Å². The van der Waals surface area contributed by atoms with Crippen molar-refractivity contribution in [2.45, 2.75) is 19.4 Å². The molecular formula is C15H19N3O3. The Morgan fingerprint density at radius 1 is 1.29 bits per heavy atom. The Labute approximate surface area is 123 Å². The van der Waals surface area contributed by atoms with Crippen molar-refractivity contribution in [1.29, 1.82) is 0 Å². The Bertz CT molecular complexity index is 552. The molecule has 0 unspecified atom stereocenters. The van der Waals surface area contributed by atoms with E-state index in [1.807, 2.05) is 0 Å². The Kier molecular flexibility index (Phi) is 5.34. The number of imidazole rings is 1. The maximum absolute atomic E-state index is 12.2. The SMILES string of the molecule is O=C(CCc1ccc(O)cc1)N(CCO)Cc1ncc[nH]1. The number of nitrogens with one attached hydrogen (secondary N) is 1. The maximum Gasteiger partial charge on any atom is 0.223 e. The van der Waals surface area contributed by atoms with Gasteiger partial charge in [0.1, 0.15) is 11.6 Å². The Morgan fingerprint density at radius 2 is 2.05 bits per heavy atom. The van der Waals surface area contributed by atoms with Gasteiger partial charge in [-0.25, -0.2) is 4.98 Å². The highest BCUT2D eigenvalue weighted by atomic mass is 16.3. The molecular weight excluding hydrogens is 270 g/mol. The molecule has 1 amide bonds. The van der Waals surface area contributed by atoms with Crippen molar-refractivity contribution in [2.24, 2.45) is 0 Å². The van der Waals surface area contributed by atoms with Crippen molar-refractivity contribution >= 4 is 5.91 Å². The summed E-state index contributed by atoms with van der Waals surface area (Å²) in [6, 6.07) is 6.80. The van der Waals surface area contributed by atoms with Crippen LogP contribution in [0.4, 0.5) is 0 Å². The van der Waals surface area contributed by atoms with Gasteiger partial charge >= 0.3 is 0 Å². The third-order valence-corrected chi connectivity index (χ3v) is 3.18. The molecule has 1 aromatic heterocycles. The number of phenolic OH excluding ortho intramolecular Hbond substituents is 1. The monoisotopic (exact) mass is 289 g/mol. The van der Waals surface area contributed by atoms with Crippen LogP contribution in [0.1, 0.15) is 17.8 Å². The summed E-state index contributed by atoms with van der Waals surface area (Å²) in [5.41, 5.74) is 0.989. The number of phenols is 1. The van der Waals surface area contributed by atoms with E-state index in [1.165, 1.54) is 0 Å². The highest BCUT2D eigenvalue weighted by Crippen LogP contribution is 2.12. The normalized spacial score (nSPS) is 10.5. The second kappa shape index (κ2) is 7.44. The topological polar surface area (TPSA) is 89.4 Å². The molecule has 0 aliphatic rings. The first kappa shape index (κ1) is 15.1. The zero-order valence-electron chi connectivity index (χ0n) is 11.7. The molecule has 21 heavy (non-hydrogen) atoms. The van der Waals surface area contributed by atoms with E-state index in [0.29, 0.717) is 25.2 Å². The van der Waals surface area contributed by atoms with Gasteiger partial charge in [-0.15, -0.1) is 0 Å². The lowest BCUT2D eigenvalue weighted by atomic mass is 10.1. The predicted octanol–water partition coefficient (Wildman–Crippen LogP) is 1.07. The van der Waals surface area contributed by atoms with Crippen molar-refractivity contribution in [3.05, 3.63) is 48.0 Å². The van der Waals surface area contributed by atoms with Gasteiger partial charge in [0.25, 0.3) is 0 Å². The average molecular weight is 289 g/mol. The van der Waals surface area contributed by atoms with Crippen LogP contribution in [0.15, 0.2) is 36.7 Å². The number of aromatic nitrogens is 2. The van der Waals surface area contributed by atoms with Crippen LogP contribution >= 0.6 is 0 Å². The number of aliphatic hydroxyl groups excluding tert-OH is 1. The quantitative estimate of drug-likeness (QED) is 0.711. The van der Waals surface area contributed by atoms with Gasteiger partial charge in [0, 0.05) is 25.4 Å². The number of carbonyl (C=O) groups is 1. The molecule has 0 aliphatic carbocycles. The van der Waals surface area contributed by atoms with Gasteiger partial charge in [0.05, 0.1) is 13.2 Å². The van der Waals surface area contributed by atoms with Gasteiger partial charge in [-0.05, 0) is 24.1 Å². The van der Waals surface area contributed by atoms with Gasteiger partial charge in [-0.1, -0.05) is 12.1 Å². The molecule has 6 heteroatoms. The zero-order chi connectivity index (χ0) is 15.1. The second-order valence-electron chi connectivity index (χ2n) is 4.74. The van der Waals surface area contributed by atoms with Crippen molar-refractivity contribution < 1.29 is 15.0 Å². The van der Waals surface area contributed by atoms with Crippen LogP contribution in [0.2, 0.25) is 0 Å². The molecule has 3 N–H and O–H groups in total. The molecule has 0 saturated heterocycles. The number of nitrogens with zero attached hydrogens (tertiary/aromatic N) is 2. The number of carbonyl (C=O) groups excluding carboxylic acids is 1. The molecule has 0 radical (unpaired) electrons. The number of H-pyrrole nitrogens is 1. The number of amides is 1. The molecule has 0 fully saturated rings. The lowest BCUT2D eigenvalue weighted by Crippen LogP contribution is -2.33. The molecule has 0 saturated carbocycles. The van der Waals surface area contributed by atoms with Crippen LogP contribution in [-0.4, -0.2) is 44.1 Å². The third kappa shape index (κ3) is 4.61. The van der Waals surface area contributed by atoms with Crippen LogP contribution in [0.3, 0.4) is 0 Å². The molecule has 1 heterocycles. The average Bonchev–Trinajstić information content (AvgIpc) is 2.99. The fraction of sp³-hybridized carbons (Fsp3) is 0.333. The summed E-state index contributed by atoms with van der Waals surface area (Å²) >= 11 is 0. The highest BCUT2D eigenvalue weighted by Gasteiger charge is 2.14. The Balaban J connectivity index is 1.90. The van der Waals surface area contributed by atoms with E-state index < -0.39 is 0 Å². The maximum atomic E-state index is 12.2. The first-order valence-electron chi connectivity index (χ1n) is 6.84. The standard InChI is InChI=1S/C15H19N3O3/c19-10-9-18(11-14-16-7-8-17-14)15(21)6-3-12-1-4-13(20)5-2-12/h1-2,4-5,7-8,19-20H,3,6,9-11H2,(H,16,17). The van der Waals surface area contributed by atoms with Crippen LogP contribution in [0, 0.1) is 0 Å². The first-order chi connectivity index (χ1) is 10.2. The molecule has 0 atom stereocenters. The van der Waals surface area contributed by atoms with Gasteiger partial charge in [0.2, 0.25) is 5.91 Å². The van der Waals surface area contributed by atoms with Crippen molar-refractivity contribution in [3.8, 4) is 5.75 Å². The summed E-state index contributed by atoms with van der Waals surface area (Å²) < 4.78 is 0. The lowest BCUT2D eigenvalue weighted by Gasteiger charge is -2.20. The molecule has 2 rings (SSSR count). The number of hydrogen-bond acceptors (Lipinski definition) is 4. The lowest BCUT2D eigenvalue weighted by molar-refractivity contribution is -0.132. The van der Waals surface area contributed by atoms with Crippen LogP contribution in [0.5, 0.6) is 5.75 Å². The van der Waals surface area contributed by atoms with E-state index in [4.69, 9.17) is 5.11 Å². The summed E-state index contributed by atoms with van der Waals surface area (Å²) in [4.78, 5) is 20.8. The van der Waals surface area contributed by atoms with Gasteiger partial charge in [-0.3, -0.25) is 4.79 Å². The highest BCUT2D eigenvalue weighted by molar-refractivity contribution is 5.76. The number of hydrogen-bond donors (Lipinski definition) is 3. The minimum absolute atomic E-state index is 0.0338. The number of rotatable bonds is 7. The van der Waals surface area contributed by atoms with E-state index >= 15 is 0 Å². The van der Waals surface area contributed by atoms with E-state index in [1.54, 1.807) is 41.6 Å². The van der Waals surface area contributed by atoms with E-state index in [-0.39, 0.29) is 24.8 Å². The number of benzene rings is 1. The Hall–Kier alpha value is -2.34. The van der Waals surface area contributed by atoms with E-state index in [2.05, 4.69) is 9.97 Å². The minimum Gasteiger partial charge on any atom is -0.508 e. The number of aromatic hydroxyl groups is 1. The summed E-state index contributed by atoms with van der Waals surface area (Å²) in [5, 5.41) is 18.3. The summed E-state index contributed by atoms with van der Waals surface area (Å²) in [6.45, 7) is 0.572. The van der Waals surface area contributed by atoms with E-state index in [9.17, 15) is 9.90 Å². The number of aromatic amines is 1.